The molecule has 1 aromatic heterocycles. The summed E-state index contributed by atoms with van der Waals surface area (Å²) < 4.78 is 1.56. The zero-order valence-electron chi connectivity index (χ0n) is 19.6. The number of aromatic nitrogens is 2. The number of nitrogens with zero attached hydrogens (tertiary/aromatic N) is 3. The molecule has 1 aromatic rings. The van der Waals surface area contributed by atoms with Crippen molar-refractivity contribution in [1.82, 2.24) is 9.78 Å². The molecule has 0 aliphatic heterocycles. The zero-order chi connectivity index (χ0) is 22.8. The van der Waals surface area contributed by atoms with E-state index in [1.54, 1.807) is 10.9 Å². The standard InChI is InChI=1S/C26H36ClN3O2/c1-15-11-20(22(31)14-30-13-21(28-4)24(27)29-30)26(3)10-8-18-17-7-9-25(2,32)12-16(17)5-6-19(18)23(15)26/h13,15-20,23,32H,5-12,14H2,1-3H3/t15-,16-,17+,18-,19-,20-,23+,25-,26-/m1/s1. The summed E-state index contributed by atoms with van der Waals surface area (Å²) in [7, 11) is 0. The summed E-state index contributed by atoms with van der Waals surface area (Å²) in [4.78, 5) is 16.9. The van der Waals surface area contributed by atoms with Crippen molar-refractivity contribution >= 4 is 23.1 Å². The zero-order valence-corrected chi connectivity index (χ0v) is 20.3. The Labute approximate surface area is 196 Å². The number of hydrogen-bond donors (Lipinski definition) is 1. The number of carbonyl (C=O) groups excluding carboxylic acids is 1. The molecular weight excluding hydrogens is 422 g/mol. The second-order valence-electron chi connectivity index (χ2n) is 12.0. The lowest BCUT2D eigenvalue weighted by molar-refractivity contribution is -0.133. The third-order valence-corrected chi connectivity index (χ3v) is 10.3. The van der Waals surface area contributed by atoms with Crippen LogP contribution in [-0.4, -0.2) is 26.3 Å². The van der Waals surface area contributed by atoms with Gasteiger partial charge in [-0.3, -0.25) is 9.48 Å². The van der Waals surface area contributed by atoms with Crippen molar-refractivity contribution in [3.8, 4) is 0 Å². The maximum atomic E-state index is 13.5. The Balaban J connectivity index is 1.34. The van der Waals surface area contributed by atoms with Crippen molar-refractivity contribution in [2.75, 3.05) is 0 Å². The quantitative estimate of drug-likeness (QED) is 0.573. The smallest absolute Gasteiger partial charge is 0.242 e. The molecule has 4 aliphatic rings. The van der Waals surface area contributed by atoms with Crippen LogP contribution >= 0.6 is 11.6 Å². The predicted molar refractivity (Wildman–Crippen MR) is 124 cm³/mol. The summed E-state index contributed by atoms with van der Waals surface area (Å²) in [6, 6.07) is 0. The molecule has 5 nitrogen and oxygen atoms in total. The average molecular weight is 458 g/mol. The van der Waals surface area contributed by atoms with E-state index in [1.165, 1.54) is 25.7 Å². The summed E-state index contributed by atoms with van der Waals surface area (Å²) >= 11 is 6.03. The molecule has 0 bridgehead atoms. The van der Waals surface area contributed by atoms with Crippen molar-refractivity contribution in [1.29, 1.82) is 0 Å². The van der Waals surface area contributed by atoms with E-state index >= 15 is 0 Å². The van der Waals surface area contributed by atoms with E-state index in [0.717, 1.165) is 43.4 Å². The molecule has 0 spiro atoms. The Bertz CT molecular complexity index is 949. The number of hydrogen-bond acceptors (Lipinski definition) is 3. The van der Waals surface area contributed by atoms with E-state index in [0.29, 0.717) is 23.4 Å². The minimum atomic E-state index is -0.474. The number of aliphatic hydroxyl groups is 1. The van der Waals surface area contributed by atoms with Crippen LogP contribution in [0.15, 0.2) is 6.20 Å². The van der Waals surface area contributed by atoms with Crippen molar-refractivity contribution in [3.63, 3.8) is 0 Å². The van der Waals surface area contributed by atoms with Crippen molar-refractivity contribution in [2.45, 2.75) is 84.3 Å². The Hall–Kier alpha value is -1.38. The highest BCUT2D eigenvalue weighted by Gasteiger charge is 2.61. The minimum Gasteiger partial charge on any atom is -0.390 e. The van der Waals surface area contributed by atoms with E-state index < -0.39 is 5.60 Å². The van der Waals surface area contributed by atoms with E-state index in [2.05, 4.69) is 23.8 Å². The van der Waals surface area contributed by atoms with Crippen LogP contribution in [0.2, 0.25) is 5.15 Å². The lowest BCUT2D eigenvalue weighted by Gasteiger charge is -2.57. The van der Waals surface area contributed by atoms with E-state index in [4.69, 9.17) is 18.2 Å². The Morgan fingerprint density at radius 1 is 1.25 bits per heavy atom. The minimum absolute atomic E-state index is 0.0598. The van der Waals surface area contributed by atoms with Crippen LogP contribution in [0.3, 0.4) is 0 Å². The van der Waals surface area contributed by atoms with Crippen molar-refractivity contribution in [2.24, 2.45) is 46.8 Å². The normalized spacial score (nSPS) is 45.4. The largest absolute Gasteiger partial charge is 0.390 e. The van der Waals surface area contributed by atoms with Gasteiger partial charge in [0, 0.05) is 12.1 Å². The highest BCUT2D eigenvalue weighted by Crippen LogP contribution is 2.66. The summed E-state index contributed by atoms with van der Waals surface area (Å²) in [5.74, 6) is 4.41. The average Bonchev–Trinajstić information content (AvgIpc) is 3.22. The van der Waals surface area contributed by atoms with Gasteiger partial charge in [0.25, 0.3) is 0 Å². The van der Waals surface area contributed by atoms with Gasteiger partial charge in [0.1, 0.15) is 0 Å². The molecule has 0 unspecified atom stereocenters. The van der Waals surface area contributed by atoms with Gasteiger partial charge in [-0.05, 0) is 99.2 Å². The number of Topliss-reactive ketones (excluding diaryl/α,β-unsaturated/α-hetero) is 1. The predicted octanol–water partition coefficient (Wildman–Crippen LogP) is 5.92. The molecule has 0 amide bonds. The van der Waals surface area contributed by atoms with Gasteiger partial charge in [0.15, 0.2) is 10.9 Å². The van der Waals surface area contributed by atoms with Gasteiger partial charge in [-0.2, -0.15) is 5.10 Å². The van der Waals surface area contributed by atoms with Crippen LogP contribution in [0.1, 0.15) is 72.1 Å². The fraction of sp³-hybridized carbons (Fsp3) is 0.808. The highest BCUT2D eigenvalue weighted by atomic mass is 35.5. The van der Waals surface area contributed by atoms with Crippen LogP contribution in [0.25, 0.3) is 4.85 Å². The lowest BCUT2D eigenvalue weighted by Crippen LogP contribution is -2.51. The summed E-state index contributed by atoms with van der Waals surface area (Å²) in [5.41, 5.74) is -0.102. The first-order valence-corrected chi connectivity index (χ1v) is 12.9. The van der Waals surface area contributed by atoms with Crippen molar-refractivity contribution in [3.05, 3.63) is 22.8 Å². The molecule has 1 heterocycles. The number of carbonyl (C=O) groups is 1. The molecule has 4 fully saturated rings. The number of halogens is 1. The SMILES string of the molecule is [C-]#[N+]c1cn(CC(=O)[C@H]2C[C@@H](C)[C@H]3[C@@H]4CC[C@@H]5C[C@](C)(O)CC[C@@H]5[C@H]4CC[C@@]32C)nc1Cl. The van der Waals surface area contributed by atoms with Crippen LogP contribution in [0.5, 0.6) is 0 Å². The number of ketones is 1. The van der Waals surface area contributed by atoms with Crippen LogP contribution in [-0.2, 0) is 11.3 Å². The molecule has 4 saturated carbocycles. The molecule has 6 heteroatoms. The molecule has 0 radical (unpaired) electrons. The van der Waals surface area contributed by atoms with Crippen LogP contribution in [0, 0.1) is 53.4 Å². The second-order valence-corrected chi connectivity index (χ2v) is 12.3. The monoisotopic (exact) mass is 457 g/mol. The first-order valence-electron chi connectivity index (χ1n) is 12.5. The first kappa shape index (κ1) is 22.4. The van der Waals surface area contributed by atoms with E-state index in [-0.39, 0.29) is 28.8 Å². The Kier molecular flexibility index (Phi) is 5.49. The summed E-state index contributed by atoms with van der Waals surface area (Å²) in [5, 5.41) is 15.0. The Morgan fingerprint density at radius 2 is 2.00 bits per heavy atom. The first-order chi connectivity index (χ1) is 15.1. The van der Waals surface area contributed by atoms with E-state index in [9.17, 15) is 9.90 Å². The Morgan fingerprint density at radius 3 is 2.72 bits per heavy atom. The molecular formula is C26H36ClN3O2. The number of rotatable bonds is 3. The fourth-order valence-electron chi connectivity index (χ4n) is 8.94. The highest BCUT2D eigenvalue weighted by molar-refractivity contribution is 6.32. The lowest BCUT2D eigenvalue weighted by atomic mass is 9.48. The van der Waals surface area contributed by atoms with Gasteiger partial charge in [0.05, 0.1) is 18.7 Å². The van der Waals surface area contributed by atoms with Gasteiger partial charge < -0.3 is 5.11 Å². The molecule has 0 saturated heterocycles. The molecule has 9 atom stereocenters. The van der Waals surface area contributed by atoms with Gasteiger partial charge in [-0.15, -0.1) is 0 Å². The second kappa shape index (κ2) is 7.84. The maximum absolute atomic E-state index is 13.5. The summed E-state index contributed by atoms with van der Waals surface area (Å²) in [6.45, 7) is 14.2. The van der Waals surface area contributed by atoms with Crippen LogP contribution in [0.4, 0.5) is 5.69 Å². The molecule has 1 N–H and O–H groups in total. The molecule has 32 heavy (non-hydrogen) atoms. The van der Waals surface area contributed by atoms with Gasteiger partial charge >= 0.3 is 0 Å². The van der Waals surface area contributed by atoms with Crippen LogP contribution < -0.4 is 0 Å². The molecule has 4 aliphatic carbocycles. The topological polar surface area (TPSA) is 59.5 Å². The fourth-order valence-corrected chi connectivity index (χ4v) is 9.12. The van der Waals surface area contributed by atoms with Crippen molar-refractivity contribution < 1.29 is 9.90 Å². The molecule has 0 aromatic carbocycles. The third kappa shape index (κ3) is 3.53. The molecule has 5 rings (SSSR count). The van der Waals surface area contributed by atoms with Gasteiger partial charge in [-0.25, -0.2) is 4.85 Å². The van der Waals surface area contributed by atoms with Gasteiger partial charge in [0.2, 0.25) is 5.69 Å². The number of fused-ring (bicyclic) bond motifs is 5. The van der Waals surface area contributed by atoms with E-state index in [1.807, 2.05) is 6.92 Å². The summed E-state index contributed by atoms with van der Waals surface area (Å²) in [6.07, 6.45) is 10.5. The maximum Gasteiger partial charge on any atom is 0.242 e. The third-order valence-electron chi connectivity index (χ3n) is 10.1. The molecule has 174 valence electrons. The van der Waals surface area contributed by atoms with Gasteiger partial charge in [-0.1, -0.05) is 25.4 Å².